The Morgan fingerprint density at radius 1 is 1.58 bits per heavy atom. The molecule has 0 spiro atoms. The van der Waals surface area contributed by atoms with E-state index in [9.17, 15) is 0 Å². The van der Waals surface area contributed by atoms with Gasteiger partial charge in [0.25, 0.3) is 0 Å². The first-order valence-corrected chi connectivity index (χ1v) is 8.35. The van der Waals surface area contributed by atoms with Crippen LogP contribution >= 0.6 is 24.0 Å². The van der Waals surface area contributed by atoms with E-state index in [1.807, 2.05) is 11.8 Å². The van der Waals surface area contributed by atoms with Gasteiger partial charge in [0.05, 0.1) is 5.56 Å². The van der Waals surface area contributed by atoms with Crippen molar-refractivity contribution >= 4 is 34.8 Å². The molecule has 3 nitrogen and oxygen atoms in total. The molecule has 1 unspecified atom stereocenters. The molecule has 1 heterocycles. The Kier molecular flexibility index (Phi) is 5.05. The van der Waals surface area contributed by atoms with Gasteiger partial charge < -0.3 is 11.1 Å². The Balaban J connectivity index is 2.20. The Morgan fingerprint density at radius 2 is 2.37 bits per heavy atom. The molecule has 104 valence electrons. The molecule has 0 radical (unpaired) electrons. The number of thiocarbonyl (C=S) groups is 1. The minimum absolute atomic E-state index is 0.366. The fraction of sp³-hybridized carbons (Fsp3) is 0.571. The molecule has 1 aromatic rings. The third-order valence-corrected chi connectivity index (χ3v) is 4.64. The fourth-order valence-corrected chi connectivity index (χ4v) is 3.17. The molecule has 1 atom stereocenters. The van der Waals surface area contributed by atoms with E-state index >= 15 is 0 Å². The lowest BCUT2D eigenvalue weighted by Gasteiger charge is -2.17. The summed E-state index contributed by atoms with van der Waals surface area (Å²) >= 11 is 7.07. The number of aryl methyl sites for hydroxylation is 2. The van der Waals surface area contributed by atoms with Crippen molar-refractivity contribution in [2.24, 2.45) is 5.73 Å². The van der Waals surface area contributed by atoms with Gasteiger partial charge in [0, 0.05) is 17.5 Å². The average molecular weight is 295 g/mol. The molecule has 2 rings (SSSR count). The Morgan fingerprint density at radius 3 is 3.05 bits per heavy atom. The van der Waals surface area contributed by atoms with Gasteiger partial charge in [-0.3, -0.25) is 0 Å². The lowest BCUT2D eigenvalue weighted by Crippen LogP contribution is -2.23. The van der Waals surface area contributed by atoms with Gasteiger partial charge in [-0.05, 0) is 43.6 Å². The molecule has 0 bridgehead atoms. The van der Waals surface area contributed by atoms with Crippen LogP contribution in [0.5, 0.6) is 0 Å². The second kappa shape index (κ2) is 6.57. The van der Waals surface area contributed by atoms with Crippen LogP contribution in [0.4, 0.5) is 5.82 Å². The van der Waals surface area contributed by atoms with Crippen LogP contribution in [0.2, 0.25) is 0 Å². The number of aromatic nitrogens is 1. The summed E-state index contributed by atoms with van der Waals surface area (Å²) in [4.78, 5) is 5.17. The first kappa shape index (κ1) is 14.6. The molecule has 0 fully saturated rings. The molecule has 5 heteroatoms. The van der Waals surface area contributed by atoms with E-state index in [0.717, 1.165) is 35.7 Å². The minimum Gasteiger partial charge on any atom is -0.389 e. The van der Waals surface area contributed by atoms with E-state index in [2.05, 4.69) is 25.2 Å². The van der Waals surface area contributed by atoms with E-state index in [-0.39, 0.29) is 0 Å². The van der Waals surface area contributed by atoms with Crippen LogP contribution < -0.4 is 11.1 Å². The average Bonchev–Trinajstić information content (AvgIpc) is 2.82. The van der Waals surface area contributed by atoms with Gasteiger partial charge >= 0.3 is 0 Å². The van der Waals surface area contributed by atoms with Crippen LogP contribution in [0.3, 0.4) is 0 Å². The number of pyridine rings is 1. The number of hydrogen-bond acceptors (Lipinski definition) is 4. The predicted molar refractivity (Wildman–Crippen MR) is 88.2 cm³/mol. The highest BCUT2D eigenvalue weighted by Crippen LogP contribution is 2.26. The molecule has 0 amide bonds. The van der Waals surface area contributed by atoms with Crippen LogP contribution in [-0.2, 0) is 12.8 Å². The first-order valence-electron chi connectivity index (χ1n) is 6.78. The number of thioether (sulfide) groups is 1. The summed E-state index contributed by atoms with van der Waals surface area (Å²) < 4.78 is 0. The van der Waals surface area contributed by atoms with Crippen LogP contribution in [-0.4, -0.2) is 27.5 Å². The van der Waals surface area contributed by atoms with Crippen LogP contribution in [0.15, 0.2) is 6.07 Å². The maximum atomic E-state index is 5.83. The number of hydrogen-bond donors (Lipinski definition) is 2. The number of nitrogens with zero attached hydrogens (tertiary/aromatic N) is 1. The lowest BCUT2D eigenvalue weighted by atomic mass is 10.1. The van der Waals surface area contributed by atoms with Gasteiger partial charge in [-0.15, -0.1) is 0 Å². The maximum Gasteiger partial charge on any atom is 0.136 e. The number of rotatable bonds is 6. The second-order valence-electron chi connectivity index (χ2n) is 4.91. The topological polar surface area (TPSA) is 50.9 Å². The highest BCUT2D eigenvalue weighted by molar-refractivity contribution is 7.99. The third-order valence-electron chi connectivity index (χ3n) is 3.27. The number of fused-ring (bicyclic) bond motifs is 1. The zero-order valence-corrected chi connectivity index (χ0v) is 13.2. The van der Waals surface area contributed by atoms with Crippen molar-refractivity contribution in [2.45, 2.75) is 39.2 Å². The summed E-state index contributed by atoms with van der Waals surface area (Å²) in [6.07, 6.45) is 3.35. The van der Waals surface area contributed by atoms with Crippen molar-refractivity contribution in [3.05, 3.63) is 22.9 Å². The molecule has 1 aromatic heterocycles. The largest absolute Gasteiger partial charge is 0.389 e. The molecule has 3 N–H and O–H groups in total. The Bertz CT molecular complexity index is 474. The first-order chi connectivity index (χ1) is 9.11. The molecule has 1 aliphatic rings. The van der Waals surface area contributed by atoms with Crippen LogP contribution in [0.25, 0.3) is 0 Å². The van der Waals surface area contributed by atoms with E-state index < -0.39 is 0 Å². The van der Waals surface area contributed by atoms with Crippen LogP contribution in [0.1, 0.15) is 37.1 Å². The van der Waals surface area contributed by atoms with Crippen molar-refractivity contribution in [2.75, 3.05) is 16.8 Å². The minimum atomic E-state index is 0.366. The summed E-state index contributed by atoms with van der Waals surface area (Å²) in [6, 6.07) is 2.49. The molecule has 0 saturated heterocycles. The Hall–Kier alpha value is -0.810. The van der Waals surface area contributed by atoms with Crippen molar-refractivity contribution in [3.8, 4) is 0 Å². The zero-order valence-electron chi connectivity index (χ0n) is 11.5. The molecule has 0 aliphatic heterocycles. The summed E-state index contributed by atoms with van der Waals surface area (Å²) in [6.45, 7) is 4.34. The molecule has 19 heavy (non-hydrogen) atoms. The predicted octanol–water partition coefficient (Wildman–Crippen LogP) is 2.76. The maximum absolute atomic E-state index is 5.83. The van der Waals surface area contributed by atoms with E-state index in [1.165, 1.54) is 17.7 Å². The highest BCUT2D eigenvalue weighted by atomic mass is 32.2. The molecular formula is C14H21N3S2. The smallest absolute Gasteiger partial charge is 0.136 e. The van der Waals surface area contributed by atoms with Gasteiger partial charge in [-0.25, -0.2) is 4.98 Å². The van der Waals surface area contributed by atoms with Gasteiger partial charge in [-0.1, -0.05) is 19.1 Å². The van der Waals surface area contributed by atoms with Gasteiger partial charge in [0.1, 0.15) is 10.8 Å². The van der Waals surface area contributed by atoms with Crippen LogP contribution in [0, 0.1) is 0 Å². The zero-order chi connectivity index (χ0) is 13.8. The third kappa shape index (κ3) is 3.60. The fourth-order valence-electron chi connectivity index (χ4n) is 2.34. The molecule has 0 saturated carbocycles. The normalized spacial score (nSPS) is 15.1. The Labute approximate surface area is 124 Å². The van der Waals surface area contributed by atoms with Gasteiger partial charge in [0.2, 0.25) is 0 Å². The molecular weight excluding hydrogens is 274 g/mol. The number of anilines is 1. The molecule has 1 aliphatic carbocycles. The van der Waals surface area contributed by atoms with Crippen molar-refractivity contribution in [3.63, 3.8) is 0 Å². The summed E-state index contributed by atoms with van der Waals surface area (Å²) in [5, 5.41) is 3.46. The van der Waals surface area contributed by atoms with Gasteiger partial charge in [-0.2, -0.15) is 11.8 Å². The van der Waals surface area contributed by atoms with E-state index in [4.69, 9.17) is 22.9 Å². The summed E-state index contributed by atoms with van der Waals surface area (Å²) in [5.41, 5.74) is 9.24. The number of nitrogens with two attached hydrogens (primary N) is 1. The van der Waals surface area contributed by atoms with E-state index in [0.29, 0.717) is 11.0 Å². The van der Waals surface area contributed by atoms with Gasteiger partial charge in [0.15, 0.2) is 0 Å². The highest BCUT2D eigenvalue weighted by Gasteiger charge is 2.18. The second-order valence-corrected chi connectivity index (χ2v) is 6.67. The standard InChI is InChI=1S/C14H21N3S2/c1-3-19-8-9(2)16-14-11(13(15)18)7-10-5-4-6-12(10)17-14/h7,9H,3-6,8H2,1-2H3,(H2,15,18)(H,16,17). The summed E-state index contributed by atoms with van der Waals surface area (Å²) in [7, 11) is 0. The number of nitrogens with one attached hydrogen (secondary N) is 1. The summed E-state index contributed by atoms with van der Waals surface area (Å²) in [5.74, 6) is 3.05. The quantitative estimate of drug-likeness (QED) is 0.790. The molecule has 0 aromatic carbocycles. The lowest BCUT2D eigenvalue weighted by molar-refractivity contribution is 0.884. The van der Waals surface area contributed by atoms with Crippen molar-refractivity contribution < 1.29 is 0 Å². The monoisotopic (exact) mass is 295 g/mol. The van der Waals surface area contributed by atoms with E-state index in [1.54, 1.807) is 0 Å². The van der Waals surface area contributed by atoms with Crippen molar-refractivity contribution in [1.29, 1.82) is 0 Å². The SMILES string of the molecule is CCSCC(C)Nc1nc2c(cc1C(N)=S)CCC2. The van der Waals surface area contributed by atoms with Crippen molar-refractivity contribution in [1.82, 2.24) is 4.98 Å².